The molecule has 1 aliphatic heterocycles. The minimum absolute atomic E-state index is 0.120. The first-order valence-corrected chi connectivity index (χ1v) is 8.13. The zero-order chi connectivity index (χ0) is 17.8. The molecule has 2 amide bonds. The molecular formula is C18H17ClN2O4. The molecule has 0 saturated carbocycles. The van der Waals surface area contributed by atoms with Gasteiger partial charge >= 0.3 is 0 Å². The van der Waals surface area contributed by atoms with Crippen LogP contribution in [0.1, 0.15) is 28.9 Å². The number of fused-ring (bicyclic) bond motifs is 1. The lowest BCUT2D eigenvalue weighted by atomic mass is 10.1. The lowest BCUT2D eigenvalue weighted by Crippen LogP contribution is -2.38. The van der Waals surface area contributed by atoms with E-state index in [2.05, 4.69) is 10.6 Å². The van der Waals surface area contributed by atoms with E-state index in [1.54, 1.807) is 30.3 Å². The second-order valence-electron chi connectivity index (χ2n) is 5.59. The van der Waals surface area contributed by atoms with Gasteiger partial charge in [-0.2, -0.15) is 0 Å². The number of hydrogen-bond donors (Lipinski definition) is 2. The number of nitrogens with one attached hydrogen (secondary N) is 2. The van der Waals surface area contributed by atoms with Crippen molar-refractivity contribution in [1.29, 1.82) is 0 Å². The predicted octanol–water partition coefficient (Wildman–Crippen LogP) is 2.68. The van der Waals surface area contributed by atoms with Crippen molar-refractivity contribution in [1.82, 2.24) is 10.6 Å². The van der Waals surface area contributed by atoms with Crippen molar-refractivity contribution < 1.29 is 19.1 Å². The molecule has 1 heterocycles. The van der Waals surface area contributed by atoms with E-state index in [-0.39, 0.29) is 31.2 Å². The zero-order valence-corrected chi connectivity index (χ0v) is 14.3. The standard InChI is InChI=1S/C18H17ClN2O4/c1-11(12-2-5-14(19)6-3-12)21-17(22)9-20-18(23)13-4-7-15-16(8-13)25-10-24-15/h2-8,11H,9-10H2,1H3,(H,20,23)(H,21,22). The van der Waals surface area contributed by atoms with Gasteiger partial charge in [-0.15, -0.1) is 0 Å². The first-order chi connectivity index (χ1) is 12.0. The number of carbonyl (C=O) groups is 2. The fourth-order valence-electron chi connectivity index (χ4n) is 2.43. The van der Waals surface area contributed by atoms with Crippen molar-refractivity contribution in [2.75, 3.05) is 13.3 Å². The quantitative estimate of drug-likeness (QED) is 0.859. The van der Waals surface area contributed by atoms with Crippen LogP contribution in [-0.2, 0) is 4.79 Å². The highest BCUT2D eigenvalue weighted by atomic mass is 35.5. The molecule has 25 heavy (non-hydrogen) atoms. The molecule has 0 bridgehead atoms. The molecule has 6 nitrogen and oxygen atoms in total. The molecule has 130 valence electrons. The molecule has 0 saturated heterocycles. The topological polar surface area (TPSA) is 76.7 Å². The van der Waals surface area contributed by atoms with E-state index in [1.807, 2.05) is 19.1 Å². The Morgan fingerprint density at radius 2 is 1.84 bits per heavy atom. The predicted molar refractivity (Wildman–Crippen MR) is 92.9 cm³/mol. The van der Waals surface area contributed by atoms with E-state index in [0.29, 0.717) is 22.1 Å². The average Bonchev–Trinajstić information content (AvgIpc) is 3.07. The Morgan fingerprint density at radius 1 is 1.12 bits per heavy atom. The van der Waals surface area contributed by atoms with Crippen LogP contribution in [0.2, 0.25) is 5.02 Å². The Bertz CT molecular complexity index is 792. The van der Waals surface area contributed by atoms with Gasteiger partial charge in [0.15, 0.2) is 11.5 Å². The van der Waals surface area contributed by atoms with Crippen molar-refractivity contribution in [3.63, 3.8) is 0 Å². The Hall–Kier alpha value is -2.73. The maximum atomic E-state index is 12.1. The normalized spacial score (nSPS) is 13.2. The molecule has 1 aliphatic rings. The third-order valence-corrected chi connectivity index (χ3v) is 4.04. The molecule has 3 rings (SSSR count). The second kappa shape index (κ2) is 7.44. The molecule has 7 heteroatoms. The Balaban J connectivity index is 1.51. The van der Waals surface area contributed by atoms with Crippen molar-refractivity contribution >= 4 is 23.4 Å². The molecule has 2 aromatic rings. The number of rotatable bonds is 5. The Labute approximate surface area is 150 Å². The highest BCUT2D eigenvalue weighted by molar-refractivity contribution is 6.30. The molecule has 0 spiro atoms. The van der Waals surface area contributed by atoms with Crippen LogP contribution >= 0.6 is 11.6 Å². The average molecular weight is 361 g/mol. The van der Waals surface area contributed by atoms with Crippen LogP contribution in [0, 0.1) is 0 Å². The van der Waals surface area contributed by atoms with Crippen molar-refractivity contribution in [2.45, 2.75) is 13.0 Å². The van der Waals surface area contributed by atoms with Gasteiger partial charge in [-0.25, -0.2) is 0 Å². The molecule has 0 fully saturated rings. The van der Waals surface area contributed by atoms with Gasteiger partial charge in [-0.1, -0.05) is 23.7 Å². The highest BCUT2D eigenvalue weighted by Crippen LogP contribution is 2.32. The largest absolute Gasteiger partial charge is 0.454 e. The van der Waals surface area contributed by atoms with Gasteiger partial charge in [-0.05, 0) is 42.8 Å². The first kappa shape index (κ1) is 17.1. The molecule has 2 aromatic carbocycles. The number of benzene rings is 2. The molecule has 1 atom stereocenters. The van der Waals surface area contributed by atoms with Crippen LogP contribution in [0.15, 0.2) is 42.5 Å². The molecular weight excluding hydrogens is 344 g/mol. The number of carbonyl (C=O) groups excluding carboxylic acids is 2. The number of ether oxygens (including phenoxy) is 2. The van der Waals surface area contributed by atoms with E-state index in [1.165, 1.54) is 0 Å². The van der Waals surface area contributed by atoms with Crippen molar-refractivity contribution in [3.8, 4) is 11.5 Å². The third kappa shape index (κ3) is 4.22. The van der Waals surface area contributed by atoms with Gasteiger partial charge in [0.05, 0.1) is 12.6 Å². The fourth-order valence-corrected chi connectivity index (χ4v) is 2.55. The minimum atomic E-state index is -0.354. The Morgan fingerprint density at radius 3 is 2.60 bits per heavy atom. The summed E-state index contributed by atoms with van der Waals surface area (Å²) in [5, 5.41) is 6.05. The van der Waals surface area contributed by atoms with Gasteiger partial charge in [0.1, 0.15) is 0 Å². The van der Waals surface area contributed by atoms with Crippen LogP contribution in [-0.4, -0.2) is 25.2 Å². The van der Waals surface area contributed by atoms with Gasteiger partial charge in [0.2, 0.25) is 12.7 Å². The SMILES string of the molecule is CC(NC(=O)CNC(=O)c1ccc2c(c1)OCO2)c1ccc(Cl)cc1. The van der Waals surface area contributed by atoms with Crippen LogP contribution in [0.25, 0.3) is 0 Å². The number of amides is 2. The van der Waals surface area contributed by atoms with Crippen LogP contribution < -0.4 is 20.1 Å². The Kier molecular flexibility index (Phi) is 5.09. The van der Waals surface area contributed by atoms with E-state index >= 15 is 0 Å². The second-order valence-corrected chi connectivity index (χ2v) is 6.03. The zero-order valence-electron chi connectivity index (χ0n) is 13.5. The molecule has 1 unspecified atom stereocenters. The number of halogens is 1. The lowest BCUT2D eigenvalue weighted by molar-refractivity contribution is -0.120. The molecule has 0 aliphatic carbocycles. The van der Waals surface area contributed by atoms with Gasteiger partial charge in [0, 0.05) is 10.6 Å². The summed E-state index contributed by atoms with van der Waals surface area (Å²) in [6, 6.07) is 11.9. The van der Waals surface area contributed by atoms with E-state index in [9.17, 15) is 9.59 Å². The first-order valence-electron chi connectivity index (χ1n) is 7.75. The van der Waals surface area contributed by atoms with E-state index in [0.717, 1.165) is 5.56 Å². The summed E-state index contributed by atoms with van der Waals surface area (Å²) in [7, 11) is 0. The minimum Gasteiger partial charge on any atom is -0.454 e. The maximum Gasteiger partial charge on any atom is 0.251 e. The summed E-state index contributed by atoms with van der Waals surface area (Å²) >= 11 is 5.85. The summed E-state index contributed by atoms with van der Waals surface area (Å²) < 4.78 is 10.4. The lowest BCUT2D eigenvalue weighted by Gasteiger charge is -2.15. The van der Waals surface area contributed by atoms with E-state index in [4.69, 9.17) is 21.1 Å². The van der Waals surface area contributed by atoms with Crippen LogP contribution in [0.5, 0.6) is 11.5 Å². The number of hydrogen-bond acceptors (Lipinski definition) is 4. The maximum absolute atomic E-state index is 12.1. The van der Waals surface area contributed by atoms with E-state index < -0.39 is 0 Å². The van der Waals surface area contributed by atoms with Gasteiger partial charge in [0.25, 0.3) is 5.91 Å². The van der Waals surface area contributed by atoms with Crippen LogP contribution in [0.4, 0.5) is 0 Å². The molecule has 0 radical (unpaired) electrons. The smallest absolute Gasteiger partial charge is 0.251 e. The fraction of sp³-hybridized carbons (Fsp3) is 0.222. The summed E-state index contributed by atoms with van der Waals surface area (Å²) in [5.74, 6) is 0.490. The third-order valence-electron chi connectivity index (χ3n) is 3.79. The summed E-state index contributed by atoms with van der Waals surface area (Å²) in [6.07, 6.45) is 0. The van der Waals surface area contributed by atoms with Gasteiger partial charge < -0.3 is 20.1 Å². The van der Waals surface area contributed by atoms with Gasteiger partial charge in [-0.3, -0.25) is 9.59 Å². The molecule has 0 aromatic heterocycles. The summed E-state index contributed by atoms with van der Waals surface area (Å²) in [5.41, 5.74) is 1.34. The van der Waals surface area contributed by atoms with Crippen molar-refractivity contribution in [3.05, 3.63) is 58.6 Å². The van der Waals surface area contributed by atoms with Crippen LogP contribution in [0.3, 0.4) is 0 Å². The highest BCUT2D eigenvalue weighted by Gasteiger charge is 2.17. The monoisotopic (exact) mass is 360 g/mol. The molecule has 2 N–H and O–H groups in total. The summed E-state index contributed by atoms with van der Waals surface area (Å²) in [6.45, 7) is 1.89. The van der Waals surface area contributed by atoms with Crippen molar-refractivity contribution in [2.24, 2.45) is 0 Å². The summed E-state index contributed by atoms with van der Waals surface area (Å²) in [4.78, 5) is 24.2.